The molecule has 2 heteroatoms. The smallest absolute Gasteiger partial charge is 0.0405 e. The third-order valence-corrected chi connectivity index (χ3v) is 3.48. The zero-order valence-electron chi connectivity index (χ0n) is 12.9. The maximum absolute atomic E-state index is 3.44. The summed E-state index contributed by atoms with van der Waals surface area (Å²) in [5, 5.41) is 6.88. The summed E-state index contributed by atoms with van der Waals surface area (Å²) >= 11 is 0. The van der Waals surface area contributed by atoms with Crippen molar-refractivity contribution in [1.29, 1.82) is 0 Å². The fraction of sp³-hybridized carbons (Fsp3) is 0.100. The molecule has 2 nitrogen and oxygen atoms in total. The first kappa shape index (κ1) is 14.2. The number of anilines is 4. The second kappa shape index (κ2) is 6.35. The highest BCUT2D eigenvalue weighted by atomic mass is 14.9. The van der Waals surface area contributed by atoms with Crippen LogP contribution in [0.4, 0.5) is 22.7 Å². The summed E-state index contributed by atoms with van der Waals surface area (Å²) in [4.78, 5) is 0. The van der Waals surface area contributed by atoms with Crippen LogP contribution in [0.1, 0.15) is 11.1 Å². The number of benzene rings is 3. The number of hydrogen-bond donors (Lipinski definition) is 2. The molecule has 0 amide bonds. The molecule has 3 aromatic rings. The van der Waals surface area contributed by atoms with Gasteiger partial charge in [-0.2, -0.15) is 0 Å². The van der Waals surface area contributed by atoms with Crippen molar-refractivity contribution in [2.24, 2.45) is 0 Å². The second-order valence-corrected chi connectivity index (χ2v) is 5.57. The van der Waals surface area contributed by atoms with Crippen molar-refractivity contribution >= 4 is 22.7 Å². The highest BCUT2D eigenvalue weighted by Gasteiger charge is 1.99. The van der Waals surface area contributed by atoms with Crippen LogP contribution in [0.3, 0.4) is 0 Å². The molecule has 110 valence electrons. The van der Waals surface area contributed by atoms with Crippen molar-refractivity contribution in [3.05, 3.63) is 83.9 Å². The Kier molecular flexibility index (Phi) is 4.10. The number of aryl methyl sites for hydroxylation is 2. The van der Waals surface area contributed by atoms with E-state index in [1.165, 1.54) is 11.1 Å². The molecule has 0 heterocycles. The van der Waals surface area contributed by atoms with E-state index in [4.69, 9.17) is 0 Å². The third kappa shape index (κ3) is 3.67. The fourth-order valence-corrected chi connectivity index (χ4v) is 2.45. The van der Waals surface area contributed by atoms with Crippen molar-refractivity contribution < 1.29 is 0 Å². The summed E-state index contributed by atoms with van der Waals surface area (Å²) in [6.45, 7) is 4.20. The van der Waals surface area contributed by atoms with Gasteiger partial charge in [0, 0.05) is 22.7 Å². The van der Waals surface area contributed by atoms with Gasteiger partial charge in [-0.3, -0.25) is 0 Å². The van der Waals surface area contributed by atoms with Crippen molar-refractivity contribution in [3.8, 4) is 0 Å². The van der Waals surface area contributed by atoms with E-state index >= 15 is 0 Å². The Bertz CT molecular complexity index is 715. The van der Waals surface area contributed by atoms with Crippen molar-refractivity contribution in [1.82, 2.24) is 0 Å². The summed E-state index contributed by atoms with van der Waals surface area (Å²) in [7, 11) is 0. The molecule has 2 N–H and O–H groups in total. The molecule has 0 fully saturated rings. The van der Waals surface area contributed by atoms with Crippen LogP contribution in [0.15, 0.2) is 72.8 Å². The van der Waals surface area contributed by atoms with Crippen LogP contribution in [-0.4, -0.2) is 0 Å². The summed E-state index contributed by atoms with van der Waals surface area (Å²) in [6, 6.07) is 25.1. The normalized spacial score (nSPS) is 10.3. The molecule has 0 bridgehead atoms. The lowest BCUT2D eigenvalue weighted by atomic mass is 10.2. The lowest BCUT2D eigenvalue weighted by Crippen LogP contribution is -1.94. The molecule has 0 aromatic heterocycles. The van der Waals surface area contributed by atoms with Crippen molar-refractivity contribution in [2.45, 2.75) is 13.8 Å². The van der Waals surface area contributed by atoms with E-state index < -0.39 is 0 Å². The molecule has 3 aromatic carbocycles. The van der Waals surface area contributed by atoms with E-state index in [2.05, 4.69) is 97.3 Å². The Morgan fingerprint density at radius 2 is 0.864 bits per heavy atom. The van der Waals surface area contributed by atoms with E-state index in [-0.39, 0.29) is 0 Å². The van der Waals surface area contributed by atoms with Crippen LogP contribution in [0.2, 0.25) is 0 Å². The van der Waals surface area contributed by atoms with Crippen LogP contribution >= 0.6 is 0 Å². The summed E-state index contributed by atoms with van der Waals surface area (Å²) in [6.07, 6.45) is 0. The van der Waals surface area contributed by atoms with E-state index in [9.17, 15) is 0 Å². The molecule has 0 aliphatic heterocycles. The molecular weight excluding hydrogens is 268 g/mol. The monoisotopic (exact) mass is 288 g/mol. The first-order chi connectivity index (χ1) is 10.7. The Hall–Kier alpha value is -2.74. The van der Waals surface area contributed by atoms with Crippen LogP contribution < -0.4 is 10.6 Å². The molecule has 22 heavy (non-hydrogen) atoms. The van der Waals surface area contributed by atoms with Crippen LogP contribution in [0.5, 0.6) is 0 Å². The Morgan fingerprint density at radius 1 is 0.500 bits per heavy atom. The first-order valence-electron chi connectivity index (χ1n) is 7.46. The average molecular weight is 288 g/mol. The fourth-order valence-electron chi connectivity index (χ4n) is 2.45. The third-order valence-electron chi connectivity index (χ3n) is 3.48. The predicted octanol–water partition coefficient (Wildman–Crippen LogP) is 5.79. The standard InChI is InChI=1S/C20H20N2/c1-15-6-3-8-17(12-15)21-19-10-5-11-20(14-19)22-18-9-4-7-16(2)13-18/h3-14,21-22H,1-2H3. The number of rotatable bonds is 4. The number of hydrogen-bond acceptors (Lipinski definition) is 2. The van der Waals surface area contributed by atoms with Gasteiger partial charge in [-0.05, 0) is 67.4 Å². The average Bonchev–Trinajstić information content (AvgIpc) is 2.47. The minimum atomic E-state index is 1.07. The topological polar surface area (TPSA) is 24.1 Å². The van der Waals surface area contributed by atoms with Crippen LogP contribution in [-0.2, 0) is 0 Å². The van der Waals surface area contributed by atoms with Gasteiger partial charge in [0.15, 0.2) is 0 Å². The lowest BCUT2D eigenvalue weighted by molar-refractivity contribution is 1.44. The van der Waals surface area contributed by atoms with Crippen LogP contribution in [0, 0.1) is 13.8 Å². The zero-order valence-corrected chi connectivity index (χ0v) is 12.9. The van der Waals surface area contributed by atoms with Gasteiger partial charge in [-0.1, -0.05) is 30.3 Å². The van der Waals surface area contributed by atoms with Gasteiger partial charge < -0.3 is 10.6 Å². The number of nitrogens with one attached hydrogen (secondary N) is 2. The predicted molar refractivity (Wildman–Crippen MR) is 95.4 cm³/mol. The van der Waals surface area contributed by atoms with Gasteiger partial charge in [0.25, 0.3) is 0 Å². The van der Waals surface area contributed by atoms with Crippen LogP contribution in [0.25, 0.3) is 0 Å². The summed E-state index contributed by atoms with van der Waals surface area (Å²) < 4.78 is 0. The van der Waals surface area contributed by atoms with Gasteiger partial charge >= 0.3 is 0 Å². The molecule has 0 saturated heterocycles. The maximum atomic E-state index is 3.44. The van der Waals surface area contributed by atoms with E-state index in [0.29, 0.717) is 0 Å². The second-order valence-electron chi connectivity index (χ2n) is 5.57. The zero-order chi connectivity index (χ0) is 15.4. The minimum absolute atomic E-state index is 1.07. The largest absolute Gasteiger partial charge is 0.355 e. The SMILES string of the molecule is Cc1cccc(Nc2cccc(Nc3cccc(C)c3)c2)c1. The Labute approximate surface area is 131 Å². The Morgan fingerprint density at radius 3 is 1.27 bits per heavy atom. The maximum Gasteiger partial charge on any atom is 0.0405 e. The van der Waals surface area contributed by atoms with Gasteiger partial charge in [0.05, 0.1) is 0 Å². The highest BCUT2D eigenvalue weighted by molar-refractivity contribution is 5.68. The van der Waals surface area contributed by atoms with Crippen molar-refractivity contribution in [3.63, 3.8) is 0 Å². The lowest BCUT2D eigenvalue weighted by Gasteiger charge is -2.11. The van der Waals surface area contributed by atoms with E-state index in [1.807, 2.05) is 0 Å². The highest BCUT2D eigenvalue weighted by Crippen LogP contribution is 2.23. The molecule has 0 atom stereocenters. The molecule has 0 saturated carbocycles. The quantitative estimate of drug-likeness (QED) is 0.635. The van der Waals surface area contributed by atoms with Gasteiger partial charge in [-0.25, -0.2) is 0 Å². The minimum Gasteiger partial charge on any atom is -0.355 e. The van der Waals surface area contributed by atoms with Gasteiger partial charge in [-0.15, -0.1) is 0 Å². The van der Waals surface area contributed by atoms with Gasteiger partial charge in [0.1, 0.15) is 0 Å². The molecule has 0 unspecified atom stereocenters. The Balaban J connectivity index is 1.78. The molecule has 0 aliphatic rings. The van der Waals surface area contributed by atoms with Crippen molar-refractivity contribution in [2.75, 3.05) is 10.6 Å². The van der Waals surface area contributed by atoms with Gasteiger partial charge in [0.2, 0.25) is 0 Å². The van der Waals surface area contributed by atoms with E-state index in [0.717, 1.165) is 22.7 Å². The molecule has 0 spiro atoms. The summed E-state index contributed by atoms with van der Waals surface area (Å²) in [5.74, 6) is 0. The molecular formula is C20H20N2. The molecule has 3 rings (SSSR count). The molecule has 0 aliphatic carbocycles. The summed E-state index contributed by atoms with van der Waals surface area (Å²) in [5.41, 5.74) is 6.85. The first-order valence-corrected chi connectivity index (χ1v) is 7.46. The van der Waals surface area contributed by atoms with E-state index in [1.54, 1.807) is 0 Å². The molecule has 0 radical (unpaired) electrons.